The van der Waals surface area contributed by atoms with Crippen LogP contribution in [0.5, 0.6) is 0 Å². The summed E-state index contributed by atoms with van der Waals surface area (Å²) in [6, 6.07) is 15.8. The normalized spacial score (nSPS) is 18.4. The first-order valence-corrected chi connectivity index (χ1v) is 9.53. The summed E-state index contributed by atoms with van der Waals surface area (Å²) in [5.74, 6) is -1.21. The van der Waals surface area contributed by atoms with Crippen molar-refractivity contribution in [2.75, 3.05) is 0 Å². The van der Waals surface area contributed by atoms with Gasteiger partial charge in [-0.1, -0.05) is 35.3 Å². The molecular formula is C22H15Cl2NO4. The summed E-state index contributed by atoms with van der Waals surface area (Å²) >= 11 is 11.9. The summed E-state index contributed by atoms with van der Waals surface area (Å²) in [5.41, 5.74) is 1.05. The standard InChI is InChI=1S/C22H15Cl2NO4/c23-15-7-3-13(4-8-15)19-18(20(26)14-5-9-16(24)10-6-14)21(27)22(28)25(19)12-17-2-1-11-29-17/h1-11,19,26H,12H2/t19-/m0/s1. The first kappa shape index (κ1) is 19.3. The number of halogens is 2. The maximum atomic E-state index is 12.9. The topological polar surface area (TPSA) is 70.8 Å². The predicted molar refractivity (Wildman–Crippen MR) is 109 cm³/mol. The van der Waals surface area contributed by atoms with Crippen LogP contribution in [0, 0.1) is 0 Å². The fourth-order valence-corrected chi connectivity index (χ4v) is 3.62. The van der Waals surface area contributed by atoms with Crippen molar-refractivity contribution in [3.05, 3.63) is 99.4 Å². The van der Waals surface area contributed by atoms with Crippen molar-refractivity contribution in [3.63, 3.8) is 0 Å². The van der Waals surface area contributed by atoms with Gasteiger partial charge in [0.1, 0.15) is 11.5 Å². The van der Waals surface area contributed by atoms with Crippen LogP contribution >= 0.6 is 23.2 Å². The van der Waals surface area contributed by atoms with Gasteiger partial charge in [-0.25, -0.2) is 0 Å². The molecule has 1 N–H and O–H groups in total. The van der Waals surface area contributed by atoms with Gasteiger partial charge in [0.15, 0.2) is 0 Å². The lowest BCUT2D eigenvalue weighted by molar-refractivity contribution is -0.140. The Morgan fingerprint density at radius 1 is 0.966 bits per heavy atom. The summed E-state index contributed by atoms with van der Waals surface area (Å²) < 4.78 is 5.36. The highest BCUT2D eigenvalue weighted by atomic mass is 35.5. The number of aliphatic hydroxyl groups excluding tert-OH is 1. The smallest absolute Gasteiger partial charge is 0.296 e. The van der Waals surface area contributed by atoms with Crippen molar-refractivity contribution in [1.82, 2.24) is 4.90 Å². The molecule has 0 saturated carbocycles. The zero-order valence-corrected chi connectivity index (χ0v) is 16.5. The summed E-state index contributed by atoms with van der Waals surface area (Å²) in [6.07, 6.45) is 1.50. The van der Waals surface area contributed by atoms with Crippen molar-refractivity contribution in [1.29, 1.82) is 0 Å². The molecule has 1 fully saturated rings. The molecule has 2 heterocycles. The molecule has 1 saturated heterocycles. The number of nitrogens with zero attached hydrogens (tertiary/aromatic N) is 1. The van der Waals surface area contributed by atoms with Gasteiger partial charge in [-0.05, 0) is 54.1 Å². The van der Waals surface area contributed by atoms with Crippen LogP contribution in [0.4, 0.5) is 0 Å². The molecule has 1 aliphatic rings. The van der Waals surface area contributed by atoms with E-state index in [1.807, 2.05) is 0 Å². The fourth-order valence-electron chi connectivity index (χ4n) is 3.37. The molecule has 3 aromatic rings. The predicted octanol–water partition coefficient (Wildman–Crippen LogP) is 5.21. The number of benzene rings is 2. The molecule has 0 radical (unpaired) electrons. The number of hydrogen-bond acceptors (Lipinski definition) is 4. The second-order valence-corrected chi connectivity index (χ2v) is 7.44. The van der Waals surface area contributed by atoms with Gasteiger partial charge in [0.05, 0.1) is 24.4 Å². The third-order valence-electron chi connectivity index (χ3n) is 4.75. The van der Waals surface area contributed by atoms with Crippen LogP contribution in [0.15, 0.2) is 76.9 Å². The number of furan rings is 1. The molecule has 4 rings (SSSR count). The Labute approximate surface area is 176 Å². The highest BCUT2D eigenvalue weighted by Gasteiger charge is 2.46. The fraction of sp³-hybridized carbons (Fsp3) is 0.0909. The maximum absolute atomic E-state index is 12.9. The maximum Gasteiger partial charge on any atom is 0.296 e. The molecular weight excluding hydrogens is 413 g/mol. The molecule has 7 heteroatoms. The first-order valence-electron chi connectivity index (χ1n) is 8.78. The van der Waals surface area contributed by atoms with Gasteiger partial charge in [0.25, 0.3) is 11.7 Å². The SMILES string of the molecule is O=C1C(=O)N(Cc2ccco2)[C@@H](c2ccc(Cl)cc2)C1=C(O)c1ccc(Cl)cc1. The molecule has 1 aromatic heterocycles. The Morgan fingerprint density at radius 2 is 1.59 bits per heavy atom. The zero-order chi connectivity index (χ0) is 20.5. The number of hydrogen-bond donors (Lipinski definition) is 1. The van der Waals surface area contributed by atoms with E-state index >= 15 is 0 Å². The Kier molecular flexibility index (Phi) is 5.18. The summed E-state index contributed by atoms with van der Waals surface area (Å²) in [7, 11) is 0. The number of amides is 1. The first-order chi connectivity index (χ1) is 14.0. The molecule has 2 aromatic carbocycles. The van der Waals surface area contributed by atoms with Gasteiger partial charge in [-0.3, -0.25) is 9.59 Å². The van der Waals surface area contributed by atoms with Gasteiger partial charge >= 0.3 is 0 Å². The lowest BCUT2D eigenvalue weighted by Crippen LogP contribution is -2.29. The summed E-state index contributed by atoms with van der Waals surface area (Å²) in [4.78, 5) is 27.1. The van der Waals surface area contributed by atoms with Crippen molar-refractivity contribution in [2.24, 2.45) is 0 Å². The number of Topliss-reactive ketones (excluding diaryl/α,β-unsaturated/α-hetero) is 1. The van der Waals surface area contributed by atoms with Crippen LogP contribution in [0.1, 0.15) is 22.9 Å². The van der Waals surface area contributed by atoms with Crippen LogP contribution in [-0.2, 0) is 16.1 Å². The van der Waals surface area contributed by atoms with E-state index in [-0.39, 0.29) is 17.9 Å². The van der Waals surface area contributed by atoms with Crippen LogP contribution in [0.25, 0.3) is 5.76 Å². The molecule has 0 aliphatic carbocycles. The molecule has 0 bridgehead atoms. The number of ketones is 1. The molecule has 1 aliphatic heterocycles. The van der Waals surface area contributed by atoms with E-state index in [1.54, 1.807) is 60.7 Å². The number of carbonyl (C=O) groups excluding carboxylic acids is 2. The zero-order valence-electron chi connectivity index (χ0n) is 15.0. The van der Waals surface area contributed by atoms with Crippen LogP contribution < -0.4 is 0 Å². The van der Waals surface area contributed by atoms with E-state index in [9.17, 15) is 14.7 Å². The molecule has 0 spiro atoms. The molecule has 5 nitrogen and oxygen atoms in total. The number of likely N-dealkylation sites (tertiary alicyclic amines) is 1. The van der Waals surface area contributed by atoms with E-state index in [4.69, 9.17) is 27.6 Å². The van der Waals surface area contributed by atoms with E-state index in [0.717, 1.165) is 0 Å². The van der Waals surface area contributed by atoms with Gasteiger partial charge in [-0.2, -0.15) is 0 Å². The molecule has 1 amide bonds. The van der Waals surface area contributed by atoms with Crippen LogP contribution in [-0.4, -0.2) is 21.7 Å². The minimum Gasteiger partial charge on any atom is -0.507 e. The van der Waals surface area contributed by atoms with Crippen LogP contribution in [0.2, 0.25) is 10.0 Å². The van der Waals surface area contributed by atoms with Crippen molar-refractivity contribution in [3.8, 4) is 0 Å². The van der Waals surface area contributed by atoms with Gasteiger partial charge < -0.3 is 14.4 Å². The molecule has 0 unspecified atom stereocenters. The third-order valence-corrected chi connectivity index (χ3v) is 5.25. The van der Waals surface area contributed by atoms with Gasteiger partial charge in [0.2, 0.25) is 0 Å². The number of aliphatic hydroxyl groups is 1. The summed E-state index contributed by atoms with van der Waals surface area (Å²) in [5, 5.41) is 11.9. The molecule has 146 valence electrons. The monoisotopic (exact) mass is 427 g/mol. The van der Waals surface area contributed by atoms with E-state index in [2.05, 4.69) is 0 Å². The second-order valence-electron chi connectivity index (χ2n) is 6.56. The minimum atomic E-state index is -0.784. The minimum absolute atomic E-state index is 0.00574. The summed E-state index contributed by atoms with van der Waals surface area (Å²) in [6.45, 7) is 0.0856. The Morgan fingerprint density at radius 3 is 2.17 bits per heavy atom. The lowest BCUT2D eigenvalue weighted by Gasteiger charge is -2.24. The third kappa shape index (κ3) is 3.67. The van der Waals surface area contributed by atoms with E-state index < -0.39 is 17.7 Å². The largest absolute Gasteiger partial charge is 0.507 e. The Balaban J connectivity index is 1.86. The average Bonchev–Trinajstić information content (AvgIpc) is 3.31. The molecule has 29 heavy (non-hydrogen) atoms. The van der Waals surface area contributed by atoms with Crippen molar-refractivity contribution >= 4 is 40.7 Å². The lowest BCUT2D eigenvalue weighted by atomic mass is 9.95. The van der Waals surface area contributed by atoms with Crippen molar-refractivity contribution in [2.45, 2.75) is 12.6 Å². The van der Waals surface area contributed by atoms with E-state index in [1.165, 1.54) is 11.2 Å². The van der Waals surface area contributed by atoms with Crippen molar-refractivity contribution < 1.29 is 19.1 Å². The van der Waals surface area contributed by atoms with E-state index in [0.29, 0.717) is 26.9 Å². The second kappa shape index (κ2) is 7.78. The average molecular weight is 428 g/mol. The highest BCUT2D eigenvalue weighted by Crippen LogP contribution is 2.40. The van der Waals surface area contributed by atoms with Gasteiger partial charge in [0, 0.05) is 15.6 Å². The quantitative estimate of drug-likeness (QED) is 0.352. The Hall–Kier alpha value is -3.02. The highest BCUT2D eigenvalue weighted by molar-refractivity contribution is 6.46. The number of carbonyl (C=O) groups is 2. The van der Waals surface area contributed by atoms with Gasteiger partial charge in [-0.15, -0.1) is 0 Å². The van der Waals surface area contributed by atoms with Crippen LogP contribution in [0.3, 0.4) is 0 Å². The number of rotatable bonds is 4. The Bertz CT molecular complexity index is 1090. The molecule has 1 atom stereocenters.